The minimum absolute atomic E-state index is 0.105. The third-order valence-corrected chi connectivity index (χ3v) is 12.2. The molecule has 0 aromatic rings. The Morgan fingerprint density at radius 1 is 0.909 bits per heavy atom. The summed E-state index contributed by atoms with van der Waals surface area (Å²) in [7, 11) is 0. The van der Waals surface area contributed by atoms with Crippen LogP contribution in [0, 0.1) is 52.3 Å². The Balaban J connectivity index is 1.21. The van der Waals surface area contributed by atoms with Gasteiger partial charge in [0.1, 0.15) is 6.10 Å². The Kier molecular flexibility index (Phi) is 5.32. The van der Waals surface area contributed by atoms with Gasteiger partial charge in [-0.2, -0.15) is 0 Å². The van der Waals surface area contributed by atoms with Crippen LogP contribution in [-0.4, -0.2) is 30.6 Å². The van der Waals surface area contributed by atoms with Gasteiger partial charge in [0.2, 0.25) is 0 Å². The lowest BCUT2D eigenvalue weighted by Gasteiger charge is -2.61. The largest absolute Gasteiger partial charge is 0.463 e. The van der Waals surface area contributed by atoms with Crippen LogP contribution in [0.2, 0.25) is 0 Å². The van der Waals surface area contributed by atoms with Crippen LogP contribution in [0.5, 0.6) is 0 Å². The second kappa shape index (κ2) is 7.69. The quantitative estimate of drug-likeness (QED) is 0.429. The fourth-order valence-corrected chi connectivity index (χ4v) is 10.6. The number of rotatable bonds is 1. The van der Waals surface area contributed by atoms with Gasteiger partial charge < -0.3 is 14.2 Å². The van der Waals surface area contributed by atoms with E-state index in [-0.39, 0.29) is 17.9 Å². The van der Waals surface area contributed by atoms with Crippen LogP contribution in [0.3, 0.4) is 0 Å². The Labute approximate surface area is 200 Å². The van der Waals surface area contributed by atoms with Gasteiger partial charge in [-0.25, -0.2) is 0 Å². The predicted octanol–water partition coefficient (Wildman–Crippen LogP) is 6.36. The van der Waals surface area contributed by atoms with Crippen molar-refractivity contribution in [1.29, 1.82) is 0 Å². The van der Waals surface area contributed by atoms with Gasteiger partial charge in [-0.1, -0.05) is 27.7 Å². The van der Waals surface area contributed by atoms with Crippen LogP contribution >= 0.6 is 0 Å². The summed E-state index contributed by atoms with van der Waals surface area (Å²) in [4.78, 5) is 11.5. The van der Waals surface area contributed by atoms with E-state index in [9.17, 15) is 4.79 Å². The van der Waals surface area contributed by atoms with Crippen molar-refractivity contribution in [3.8, 4) is 0 Å². The SMILES string of the molecule is CC(=O)OC1CC[C@@]2(C)C(CCC3C2CC[C@@]2(C)C3CC3O[C@]4(CCC(C)CO4)C(C)C32)C1. The second-order valence-electron chi connectivity index (χ2n) is 13.7. The zero-order valence-corrected chi connectivity index (χ0v) is 21.6. The van der Waals surface area contributed by atoms with Crippen LogP contribution in [0.1, 0.15) is 98.8 Å². The van der Waals surface area contributed by atoms with E-state index in [4.69, 9.17) is 14.2 Å². The van der Waals surface area contributed by atoms with Gasteiger partial charge >= 0.3 is 5.97 Å². The highest BCUT2D eigenvalue weighted by molar-refractivity contribution is 5.66. The molecule has 33 heavy (non-hydrogen) atoms. The van der Waals surface area contributed by atoms with E-state index >= 15 is 0 Å². The highest BCUT2D eigenvalue weighted by atomic mass is 16.7. The van der Waals surface area contributed by atoms with Crippen LogP contribution in [0.25, 0.3) is 0 Å². The maximum atomic E-state index is 11.5. The van der Waals surface area contributed by atoms with Crippen molar-refractivity contribution in [3.63, 3.8) is 0 Å². The maximum absolute atomic E-state index is 11.5. The smallest absolute Gasteiger partial charge is 0.302 e. The number of hydrogen-bond acceptors (Lipinski definition) is 4. The van der Waals surface area contributed by atoms with Gasteiger partial charge in [0.25, 0.3) is 0 Å². The molecule has 2 heterocycles. The lowest BCUT2D eigenvalue weighted by atomic mass is 9.44. The fraction of sp³-hybridized carbons (Fsp3) is 0.966. The molecule has 2 aliphatic heterocycles. The molecule has 0 amide bonds. The summed E-state index contributed by atoms with van der Waals surface area (Å²) in [5, 5.41) is 0. The van der Waals surface area contributed by atoms with E-state index in [2.05, 4.69) is 27.7 Å². The molecule has 186 valence electrons. The van der Waals surface area contributed by atoms with Crippen molar-refractivity contribution in [3.05, 3.63) is 0 Å². The van der Waals surface area contributed by atoms with Crippen molar-refractivity contribution in [2.75, 3.05) is 6.61 Å². The van der Waals surface area contributed by atoms with E-state index in [1.54, 1.807) is 6.92 Å². The van der Waals surface area contributed by atoms with E-state index in [0.29, 0.717) is 34.7 Å². The Morgan fingerprint density at radius 2 is 1.70 bits per heavy atom. The van der Waals surface area contributed by atoms with E-state index < -0.39 is 0 Å². The molecule has 6 rings (SSSR count). The van der Waals surface area contributed by atoms with Crippen LogP contribution in [0.15, 0.2) is 0 Å². The molecule has 2 saturated heterocycles. The summed E-state index contributed by atoms with van der Waals surface area (Å²) >= 11 is 0. The van der Waals surface area contributed by atoms with Crippen molar-refractivity contribution in [1.82, 2.24) is 0 Å². The summed E-state index contributed by atoms with van der Waals surface area (Å²) in [5.41, 5.74) is 0.828. The standard InChI is InChI=1S/C29H46O4/c1-17-8-13-29(31-16-17)18(2)26-25(33-29)15-24-22-7-6-20-14-21(32-19(3)30)9-11-27(20,4)23(22)10-12-28(24,26)5/h17-18,20-26H,6-16H2,1-5H3/t17?,18?,20?,21?,22?,23?,24?,25?,26?,27-,28-,29+/m0/s1. The highest BCUT2D eigenvalue weighted by Gasteiger charge is 2.69. The highest BCUT2D eigenvalue weighted by Crippen LogP contribution is 2.71. The topological polar surface area (TPSA) is 44.8 Å². The Bertz CT molecular complexity index is 786. The molecule has 1 spiro atoms. The third kappa shape index (κ3) is 3.25. The molecular formula is C29H46O4. The van der Waals surface area contributed by atoms with E-state index in [1.165, 1.54) is 44.9 Å². The molecule has 4 nitrogen and oxygen atoms in total. The molecule has 0 aromatic carbocycles. The Hall–Kier alpha value is -0.610. The number of ether oxygens (including phenoxy) is 3. The minimum Gasteiger partial charge on any atom is -0.463 e. The summed E-state index contributed by atoms with van der Waals surface area (Å²) in [6.45, 7) is 12.4. The second-order valence-corrected chi connectivity index (χ2v) is 13.7. The first-order valence-corrected chi connectivity index (χ1v) is 14.2. The first-order valence-electron chi connectivity index (χ1n) is 14.2. The molecule has 4 saturated carbocycles. The van der Waals surface area contributed by atoms with Crippen LogP contribution in [-0.2, 0) is 19.0 Å². The van der Waals surface area contributed by atoms with Gasteiger partial charge in [-0.15, -0.1) is 0 Å². The van der Waals surface area contributed by atoms with Crippen LogP contribution in [0.4, 0.5) is 0 Å². The number of fused-ring (bicyclic) bond motifs is 7. The summed E-state index contributed by atoms with van der Waals surface area (Å²) in [6, 6.07) is 0. The van der Waals surface area contributed by atoms with Crippen molar-refractivity contribution in [2.45, 2.75) is 117 Å². The number of esters is 1. The zero-order chi connectivity index (χ0) is 23.2. The maximum Gasteiger partial charge on any atom is 0.302 e. The van der Waals surface area contributed by atoms with Gasteiger partial charge in [-0.3, -0.25) is 4.79 Å². The molecule has 12 atom stereocenters. The van der Waals surface area contributed by atoms with Gasteiger partial charge in [-0.05, 0) is 104 Å². The van der Waals surface area contributed by atoms with Gasteiger partial charge in [0.05, 0.1) is 12.7 Å². The monoisotopic (exact) mass is 458 g/mol. The average molecular weight is 459 g/mol. The lowest BCUT2D eigenvalue weighted by Crippen LogP contribution is -2.55. The predicted molar refractivity (Wildman–Crippen MR) is 127 cm³/mol. The lowest BCUT2D eigenvalue weighted by molar-refractivity contribution is -0.273. The van der Waals surface area contributed by atoms with Crippen molar-refractivity contribution in [2.24, 2.45) is 52.3 Å². The zero-order valence-electron chi connectivity index (χ0n) is 21.6. The molecule has 6 aliphatic rings. The fourth-order valence-electron chi connectivity index (χ4n) is 10.6. The molecule has 9 unspecified atom stereocenters. The van der Waals surface area contributed by atoms with E-state index in [0.717, 1.165) is 49.5 Å². The summed E-state index contributed by atoms with van der Waals surface area (Å²) in [5.74, 6) is 4.63. The average Bonchev–Trinajstić information content (AvgIpc) is 3.21. The first-order chi connectivity index (χ1) is 15.7. The summed E-state index contributed by atoms with van der Waals surface area (Å²) < 4.78 is 19.1. The molecule has 0 radical (unpaired) electrons. The van der Waals surface area contributed by atoms with Crippen molar-refractivity contribution < 1.29 is 19.0 Å². The Morgan fingerprint density at radius 3 is 2.42 bits per heavy atom. The van der Waals surface area contributed by atoms with Crippen molar-refractivity contribution >= 4 is 5.97 Å². The van der Waals surface area contributed by atoms with Crippen LogP contribution < -0.4 is 0 Å². The normalized spacial score (nSPS) is 57.7. The number of hydrogen-bond donors (Lipinski definition) is 0. The number of carbonyl (C=O) groups excluding carboxylic acids is 1. The molecule has 0 N–H and O–H groups in total. The van der Waals surface area contributed by atoms with E-state index in [1.807, 2.05) is 0 Å². The molecule has 4 aliphatic carbocycles. The molecule has 0 aromatic heterocycles. The summed E-state index contributed by atoms with van der Waals surface area (Å²) in [6.07, 6.45) is 12.9. The van der Waals surface area contributed by atoms with Gasteiger partial charge in [0, 0.05) is 19.3 Å². The van der Waals surface area contributed by atoms with Gasteiger partial charge in [0.15, 0.2) is 5.79 Å². The first kappa shape index (κ1) is 22.8. The number of carbonyl (C=O) groups is 1. The molecule has 6 fully saturated rings. The third-order valence-electron chi connectivity index (χ3n) is 12.2. The molecule has 4 heteroatoms. The molecular weight excluding hydrogens is 412 g/mol. The molecule has 0 bridgehead atoms. The minimum atomic E-state index is -0.300.